The molecule has 0 bridgehead atoms. The van der Waals surface area contributed by atoms with Gasteiger partial charge in [-0.2, -0.15) is 0 Å². The lowest BCUT2D eigenvalue weighted by Gasteiger charge is -2.27. The first-order chi connectivity index (χ1) is 10.6. The van der Waals surface area contributed by atoms with Crippen molar-refractivity contribution in [3.8, 4) is 0 Å². The van der Waals surface area contributed by atoms with Gasteiger partial charge in [0.2, 0.25) is 5.91 Å². The molecule has 0 aliphatic carbocycles. The van der Waals surface area contributed by atoms with Crippen LogP contribution in [0.5, 0.6) is 0 Å². The second-order valence-electron chi connectivity index (χ2n) is 5.74. The number of carbonyl (C=O) groups excluding carboxylic acids is 2. The molecule has 5 nitrogen and oxygen atoms in total. The van der Waals surface area contributed by atoms with E-state index in [0.717, 1.165) is 37.3 Å². The van der Waals surface area contributed by atoms with Gasteiger partial charge in [0.15, 0.2) is 0 Å². The highest BCUT2D eigenvalue weighted by molar-refractivity contribution is 5.95. The number of nitrogens with zero attached hydrogens (tertiary/aromatic N) is 1. The first-order valence-electron chi connectivity index (χ1n) is 7.92. The molecule has 1 aromatic rings. The first kappa shape index (κ1) is 16.5. The van der Waals surface area contributed by atoms with Crippen LogP contribution < -0.4 is 10.6 Å². The molecule has 1 saturated heterocycles. The van der Waals surface area contributed by atoms with E-state index in [9.17, 15) is 9.59 Å². The number of hydrogen-bond acceptors (Lipinski definition) is 3. The van der Waals surface area contributed by atoms with Gasteiger partial charge in [0, 0.05) is 44.7 Å². The predicted molar refractivity (Wildman–Crippen MR) is 86.9 cm³/mol. The fraction of sp³-hybridized carbons (Fsp3) is 0.529. The van der Waals surface area contributed by atoms with E-state index in [2.05, 4.69) is 10.6 Å². The Bertz CT molecular complexity index is 537. The summed E-state index contributed by atoms with van der Waals surface area (Å²) in [6.07, 6.45) is 1.17. The Morgan fingerprint density at radius 3 is 2.68 bits per heavy atom. The Morgan fingerprint density at radius 1 is 1.23 bits per heavy atom. The molecule has 2 amide bonds. The van der Waals surface area contributed by atoms with Gasteiger partial charge in [0.25, 0.3) is 5.91 Å². The number of amides is 2. The van der Waals surface area contributed by atoms with Crippen LogP contribution in [0.2, 0.25) is 0 Å². The number of rotatable bonds is 5. The van der Waals surface area contributed by atoms with E-state index in [-0.39, 0.29) is 11.8 Å². The smallest absolute Gasteiger partial charge is 0.251 e. The summed E-state index contributed by atoms with van der Waals surface area (Å²) in [5.41, 5.74) is 2.84. The van der Waals surface area contributed by atoms with Gasteiger partial charge in [0.1, 0.15) is 0 Å². The van der Waals surface area contributed by atoms with E-state index < -0.39 is 0 Å². The molecule has 1 heterocycles. The van der Waals surface area contributed by atoms with Gasteiger partial charge in [-0.1, -0.05) is 12.1 Å². The molecule has 2 rings (SSSR count). The molecule has 22 heavy (non-hydrogen) atoms. The van der Waals surface area contributed by atoms with Crippen LogP contribution in [0.4, 0.5) is 0 Å². The summed E-state index contributed by atoms with van der Waals surface area (Å²) in [6, 6.07) is 5.73. The van der Waals surface area contributed by atoms with Crippen molar-refractivity contribution in [1.82, 2.24) is 15.5 Å². The number of nitrogens with one attached hydrogen (secondary N) is 2. The van der Waals surface area contributed by atoms with E-state index in [1.54, 1.807) is 0 Å². The van der Waals surface area contributed by atoms with Crippen molar-refractivity contribution in [2.45, 2.75) is 26.7 Å². The third-order valence-corrected chi connectivity index (χ3v) is 4.17. The molecule has 1 fully saturated rings. The molecular formula is C17H25N3O2. The third-order valence-electron chi connectivity index (χ3n) is 4.17. The van der Waals surface area contributed by atoms with E-state index in [4.69, 9.17) is 0 Å². The largest absolute Gasteiger partial charge is 0.352 e. The Balaban J connectivity index is 1.73. The lowest BCUT2D eigenvalue weighted by molar-refractivity contribution is -0.131. The number of piperazine rings is 1. The molecule has 1 aliphatic heterocycles. The maximum Gasteiger partial charge on any atom is 0.251 e. The molecule has 2 N–H and O–H groups in total. The summed E-state index contributed by atoms with van der Waals surface area (Å²) < 4.78 is 0. The quantitative estimate of drug-likeness (QED) is 0.805. The zero-order valence-corrected chi connectivity index (χ0v) is 13.4. The van der Waals surface area contributed by atoms with Gasteiger partial charge < -0.3 is 15.5 Å². The van der Waals surface area contributed by atoms with Crippen LogP contribution in [0.25, 0.3) is 0 Å². The van der Waals surface area contributed by atoms with Crippen molar-refractivity contribution in [2.24, 2.45) is 0 Å². The minimum absolute atomic E-state index is 0.0594. The molecule has 0 spiro atoms. The van der Waals surface area contributed by atoms with Gasteiger partial charge in [0.05, 0.1) is 0 Å². The van der Waals surface area contributed by atoms with Crippen molar-refractivity contribution in [3.05, 3.63) is 34.9 Å². The fourth-order valence-corrected chi connectivity index (χ4v) is 2.61. The molecule has 1 aliphatic rings. The number of benzene rings is 1. The van der Waals surface area contributed by atoms with Gasteiger partial charge in [-0.3, -0.25) is 9.59 Å². The minimum atomic E-state index is -0.0594. The van der Waals surface area contributed by atoms with Crippen LogP contribution in [0.1, 0.15) is 34.3 Å². The standard InChI is InChI=1S/C17H25N3O2/c1-13-5-3-6-15(14(13)2)17(22)19-8-4-7-16(21)20-11-9-18-10-12-20/h3,5-6,18H,4,7-12H2,1-2H3,(H,19,22). The summed E-state index contributed by atoms with van der Waals surface area (Å²) in [6.45, 7) is 7.80. The zero-order chi connectivity index (χ0) is 15.9. The van der Waals surface area contributed by atoms with Crippen molar-refractivity contribution in [3.63, 3.8) is 0 Å². The molecule has 5 heteroatoms. The molecule has 0 aromatic heterocycles. The average Bonchev–Trinajstić information content (AvgIpc) is 2.54. The Labute approximate surface area is 132 Å². The zero-order valence-electron chi connectivity index (χ0n) is 13.4. The lowest BCUT2D eigenvalue weighted by Crippen LogP contribution is -2.46. The Hall–Kier alpha value is -1.88. The molecule has 0 radical (unpaired) electrons. The Kier molecular flexibility index (Phi) is 5.95. The van der Waals surface area contributed by atoms with Crippen LogP contribution in [0.15, 0.2) is 18.2 Å². The van der Waals surface area contributed by atoms with E-state index in [1.807, 2.05) is 36.9 Å². The topological polar surface area (TPSA) is 61.4 Å². The first-order valence-corrected chi connectivity index (χ1v) is 7.92. The van der Waals surface area contributed by atoms with Gasteiger partial charge in [-0.05, 0) is 37.5 Å². The number of carbonyl (C=O) groups is 2. The summed E-state index contributed by atoms with van der Waals surface area (Å²) in [4.78, 5) is 26.0. The SMILES string of the molecule is Cc1cccc(C(=O)NCCCC(=O)N2CCNCC2)c1C. The Morgan fingerprint density at radius 2 is 1.95 bits per heavy atom. The van der Waals surface area contributed by atoms with Crippen LogP contribution in [-0.2, 0) is 4.79 Å². The molecular weight excluding hydrogens is 278 g/mol. The normalized spacial score (nSPS) is 14.7. The second-order valence-corrected chi connectivity index (χ2v) is 5.74. The van der Waals surface area contributed by atoms with Gasteiger partial charge in [-0.25, -0.2) is 0 Å². The third kappa shape index (κ3) is 4.31. The molecule has 0 unspecified atom stereocenters. The lowest BCUT2D eigenvalue weighted by atomic mass is 10.0. The number of hydrogen-bond donors (Lipinski definition) is 2. The summed E-state index contributed by atoms with van der Waals surface area (Å²) in [5, 5.41) is 6.13. The predicted octanol–water partition coefficient (Wildman–Crippen LogP) is 1.25. The number of aryl methyl sites for hydroxylation is 1. The highest BCUT2D eigenvalue weighted by Crippen LogP contribution is 2.12. The van der Waals surface area contributed by atoms with Crippen LogP contribution in [-0.4, -0.2) is 49.4 Å². The minimum Gasteiger partial charge on any atom is -0.352 e. The van der Waals surface area contributed by atoms with Crippen molar-refractivity contribution in [1.29, 1.82) is 0 Å². The van der Waals surface area contributed by atoms with E-state index >= 15 is 0 Å². The fourth-order valence-electron chi connectivity index (χ4n) is 2.61. The molecule has 0 atom stereocenters. The molecule has 1 aromatic carbocycles. The molecule has 0 saturated carbocycles. The highest BCUT2D eigenvalue weighted by atomic mass is 16.2. The van der Waals surface area contributed by atoms with E-state index in [0.29, 0.717) is 24.9 Å². The van der Waals surface area contributed by atoms with Crippen LogP contribution in [0, 0.1) is 13.8 Å². The highest BCUT2D eigenvalue weighted by Gasteiger charge is 2.15. The maximum absolute atomic E-state index is 12.1. The average molecular weight is 303 g/mol. The van der Waals surface area contributed by atoms with Crippen molar-refractivity contribution < 1.29 is 9.59 Å². The maximum atomic E-state index is 12.1. The van der Waals surface area contributed by atoms with E-state index in [1.165, 1.54) is 0 Å². The monoisotopic (exact) mass is 303 g/mol. The van der Waals surface area contributed by atoms with Gasteiger partial charge in [-0.15, -0.1) is 0 Å². The van der Waals surface area contributed by atoms with Crippen LogP contribution >= 0.6 is 0 Å². The summed E-state index contributed by atoms with van der Waals surface area (Å²) in [7, 11) is 0. The van der Waals surface area contributed by atoms with Crippen molar-refractivity contribution >= 4 is 11.8 Å². The van der Waals surface area contributed by atoms with Crippen molar-refractivity contribution in [2.75, 3.05) is 32.7 Å². The van der Waals surface area contributed by atoms with Gasteiger partial charge >= 0.3 is 0 Å². The summed E-state index contributed by atoms with van der Waals surface area (Å²) >= 11 is 0. The second kappa shape index (κ2) is 7.94. The molecule has 120 valence electrons. The summed E-state index contributed by atoms with van der Waals surface area (Å²) in [5.74, 6) is 0.123. The van der Waals surface area contributed by atoms with Crippen LogP contribution in [0.3, 0.4) is 0 Å².